The molecular formula is C16H11BrCl3N3O. The van der Waals surface area contributed by atoms with Crippen molar-refractivity contribution in [1.82, 2.24) is 9.38 Å². The van der Waals surface area contributed by atoms with E-state index in [-0.39, 0.29) is 5.91 Å². The number of hydrogen-bond acceptors (Lipinski definition) is 2. The number of amides is 1. The van der Waals surface area contributed by atoms with Gasteiger partial charge in [-0.15, -0.1) is 0 Å². The molecule has 2 heterocycles. The first kappa shape index (κ1) is 17.5. The monoisotopic (exact) mass is 445 g/mol. The molecule has 0 aliphatic heterocycles. The number of carbonyl (C=O) groups is 1. The molecule has 0 bridgehead atoms. The quantitative estimate of drug-likeness (QED) is 0.495. The summed E-state index contributed by atoms with van der Waals surface area (Å²) in [5, 5.41) is 3.70. The van der Waals surface area contributed by atoms with E-state index in [2.05, 4.69) is 26.2 Å². The molecule has 24 heavy (non-hydrogen) atoms. The van der Waals surface area contributed by atoms with Crippen LogP contribution in [0.5, 0.6) is 0 Å². The van der Waals surface area contributed by atoms with Gasteiger partial charge >= 0.3 is 0 Å². The number of anilines is 1. The number of carbonyl (C=O) groups excluding carboxylic acids is 1. The van der Waals surface area contributed by atoms with Gasteiger partial charge in [0.2, 0.25) is 0 Å². The Balaban J connectivity index is 2.07. The van der Waals surface area contributed by atoms with Crippen LogP contribution in [0.3, 0.4) is 0 Å². The van der Waals surface area contributed by atoms with E-state index in [4.69, 9.17) is 34.8 Å². The lowest BCUT2D eigenvalue weighted by atomic mass is 10.2. The van der Waals surface area contributed by atoms with Crippen LogP contribution in [-0.4, -0.2) is 15.3 Å². The van der Waals surface area contributed by atoms with Gasteiger partial charge in [0.15, 0.2) is 0 Å². The number of hydrogen-bond donors (Lipinski definition) is 1. The van der Waals surface area contributed by atoms with Gasteiger partial charge in [-0.3, -0.25) is 9.20 Å². The highest BCUT2D eigenvalue weighted by Crippen LogP contribution is 2.32. The minimum Gasteiger partial charge on any atom is -0.319 e. The van der Waals surface area contributed by atoms with Gasteiger partial charge in [0.25, 0.3) is 5.91 Å². The first-order valence-corrected chi connectivity index (χ1v) is 8.81. The highest BCUT2D eigenvalue weighted by Gasteiger charge is 2.19. The number of benzene rings is 1. The molecule has 3 rings (SSSR count). The van der Waals surface area contributed by atoms with Crippen LogP contribution >= 0.6 is 50.7 Å². The molecule has 0 saturated heterocycles. The van der Waals surface area contributed by atoms with E-state index >= 15 is 0 Å². The van der Waals surface area contributed by atoms with Gasteiger partial charge < -0.3 is 5.32 Å². The number of imidazole rings is 1. The Morgan fingerprint density at radius 2 is 1.79 bits per heavy atom. The largest absolute Gasteiger partial charge is 0.319 e. The highest BCUT2D eigenvalue weighted by molar-refractivity contribution is 9.10. The zero-order valence-electron chi connectivity index (χ0n) is 12.6. The third kappa shape index (κ3) is 3.14. The molecule has 0 saturated carbocycles. The molecule has 1 aromatic carbocycles. The Kier molecular flexibility index (Phi) is 4.80. The maximum absolute atomic E-state index is 12.8. The molecule has 2 aromatic heterocycles. The van der Waals surface area contributed by atoms with Crippen molar-refractivity contribution in [2.45, 2.75) is 13.8 Å². The summed E-state index contributed by atoms with van der Waals surface area (Å²) in [6, 6.07) is 4.95. The first-order valence-electron chi connectivity index (χ1n) is 6.88. The Hall–Kier alpha value is -1.27. The molecular weight excluding hydrogens is 436 g/mol. The van der Waals surface area contributed by atoms with E-state index < -0.39 is 0 Å². The summed E-state index contributed by atoms with van der Waals surface area (Å²) in [5.41, 5.74) is 3.11. The zero-order chi connectivity index (χ0) is 17.6. The lowest BCUT2D eigenvalue weighted by molar-refractivity contribution is 0.102. The molecule has 0 unspecified atom stereocenters. The summed E-state index contributed by atoms with van der Waals surface area (Å²) in [6.07, 6.45) is 1.80. The fraction of sp³-hybridized carbons (Fsp3) is 0.125. The SMILES string of the molecule is Cc1nc2c(C)cc(Br)cn2c1C(=O)Nc1cc(Cl)c(Cl)cc1Cl. The number of aryl methyl sites for hydroxylation is 2. The minimum absolute atomic E-state index is 0.307. The van der Waals surface area contributed by atoms with Crippen molar-refractivity contribution in [2.75, 3.05) is 5.32 Å². The summed E-state index contributed by atoms with van der Waals surface area (Å²) in [6.45, 7) is 3.72. The third-order valence-corrected chi connectivity index (χ3v) is 4.99. The minimum atomic E-state index is -0.335. The fourth-order valence-electron chi connectivity index (χ4n) is 2.46. The molecule has 0 aliphatic rings. The van der Waals surface area contributed by atoms with Gasteiger partial charge in [-0.05, 0) is 53.5 Å². The predicted molar refractivity (Wildman–Crippen MR) is 102 cm³/mol. The van der Waals surface area contributed by atoms with Crippen LogP contribution in [-0.2, 0) is 0 Å². The third-order valence-electron chi connectivity index (χ3n) is 3.52. The fourth-order valence-corrected chi connectivity index (χ4v) is 3.60. The standard InChI is InChI=1S/C16H11BrCl3N3O/c1-7-3-9(17)6-23-14(8(2)21-15(7)23)16(24)22-13-5-11(19)10(18)4-12(13)20/h3-6H,1-2H3,(H,22,24). The molecule has 3 aromatic rings. The van der Waals surface area contributed by atoms with Crippen molar-refractivity contribution < 1.29 is 4.79 Å². The second-order valence-corrected chi connectivity index (χ2v) is 7.42. The maximum atomic E-state index is 12.8. The van der Waals surface area contributed by atoms with Crippen molar-refractivity contribution in [3.05, 3.63) is 60.9 Å². The van der Waals surface area contributed by atoms with Gasteiger partial charge in [-0.2, -0.15) is 0 Å². The molecule has 0 fully saturated rings. The molecule has 1 amide bonds. The highest BCUT2D eigenvalue weighted by atomic mass is 79.9. The van der Waals surface area contributed by atoms with Crippen molar-refractivity contribution in [3.8, 4) is 0 Å². The lowest BCUT2D eigenvalue weighted by Gasteiger charge is -2.10. The van der Waals surface area contributed by atoms with Crippen molar-refractivity contribution >= 4 is 68.0 Å². The topological polar surface area (TPSA) is 46.4 Å². The zero-order valence-corrected chi connectivity index (χ0v) is 16.5. The van der Waals surface area contributed by atoms with Crippen LogP contribution in [0, 0.1) is 13.8 Å². The van der Waals surface area contributed by atoms with Crippen LogP contribution < -0.4 is 5.32 Å². The van der Waals surface area contributed by atoms with E-state index in [1.54, 1.807) is 17.5 Å². The van der Waals surface area contributed by atoms with Crippen LogP contribution in [0.1, 0.15) is 21.7 Å². The first-order chi connectivity index (χ1) is 11.3. The Bertz CT molecular complexity index is 985. The normalized spacial score (nSPS) is 11.1. The number of nitrogens with zero attached hydrogens (tertiary/aromatic N) is 2. The molecule has 0 aliphatic carbocycles. The van der Waals surface area contributed by atoms with E-state index in [1.807, 2.05) is 13.0 Å². The van der Waals surface area contributed by atoms with E-state index in [9.17, 15) is 4.79 Å². The Morgan fingerprint density at radius 1 is 1.12 bits per heavy atom. The summed E-state index contributed by atoms with van der Waals surface area (Å²) >= 11 is 21.5. The molecule has 8 heteroatoms. The van der Waals surface area contributed by atoms with Crippen LogP contribution in [0.15, 0.2) is 28.9 Å². The number of nitrogens with one attached hydrogen (secondary N) is 1. The van der Waals surface area contributed by atoms with Crippen molar-refractivity contribution in [3.63, 3.8) is 0 Å². The van der Waals surface area contributed by atoms with Gasteiger partial charge in [0.1, 0.15) is 11.3 Å². The van der Waals surface area contributed by atoms with Crippen molar-refractivity contribution in [2.24, 2.45) is 0 Å². The molecule has 4 nitrogen and oxygen atoms in total. The van der Waals surface area contributed by atoms with Gasteiger partial charge in [0.05, 0.1) is 26.4 Å². The molecule has 124 valence electrons. The van der Waals surface area contributed by atoms with E-state index in [0.717, 1.165) is 15.7 Å². The molecule has 1 N–H and O–H groups in total. The number of pyridine rings is 1. The molecule has 0 spiro atoms. The number of rotatable bonds is 2. The number of halogens is 4. The maximum Gasteiger partial charge on any atom is 0.274 e. The van der Waals surface area contributed by atoms with Gasteiger partial charge in [0, 0.05) is 10.7 Å². The van der Waals surface area contributed by atoms with Crippen molar-refractivity contribution in [1.29, 1.82) is 0 Å². The number of aromatic nitrogens is 2. The van der Waals surface area contributed by atoms with Crippen LogP contribution in [0.25, 0.3) is 5.65 Å². The second kappa shape index (κ2) is 6.56. The van der Waals surface area contributed by atoms with Crippen LogP contribution in [0.2, 0.25) is 15.1 Å². The number of fused-ring (bicyclic) bond motifs is 1. The summed E-state index contributed by atoms with van der Waals surface area (Å²) < 4.78 is 2.60. The van der Waals surface area contributed by atoms with Gasteiger partial charge in [-0.25, -0.2) is 4.98 Å². The lowest BCUT2D eigenvalue weighted by Crippen LogP contribution is -2.16. The summed E-state index contributed by atoms with van der Waals surface area (Å²) in [4.78, 5) is 17.2. The predicted octanol–water partition coefficient (Wildman–Crippen LogP) is 5.93. The van der Waals surface area contributed by atoms with E-state index in [1.165, 1.54) is 12.1 Å². The average Bonchev–Trinajstić information content (AvgIpc) is 2.81. The second-order valence-electron chi connectivity index (χ2n) is 5.28. The summed E-state index contributed by atoms with van der Waals surface area (Å²) in [7, 11) is 0. The summed E-state index contributed by atoms with van der Waals surface area (Å²) in [5.74, 6) is -0.335. The Morgan fingerprint density at radius 3 is 2.50 bits per heavy atom. The van der Waals surface area contributed by atoms with Gasteiger partial charge in [-0.1, -0.05) is 34.8 Å². The molecule has 0 atom stereocenters. The average molecular weight is 448 g/mol. The molecule has 0 radical (unpaired) electrons. The smallest absolute Gasteiger partial charge is 0.274 e. The Labute approximate surface area is 161 Å². The van der Waals surface area contributed by atoms with E-state index in [0.29, 0.717) is 32.1 Å². The van der Waals surface area contributed by atoms with Crippen LogP contribution in [0.4, 0.5) is 5.69 Å².